The summed E-state index contributed by atoms with van der Waals surface area (Å²) in [6.07, 6.45) is 0.758. The summed E-state index contributed by atoms with van der Waals surface area (Å²) in [7, 11) is -3.40. The van der Waals surface area contributed by atoms with Crippen molar-refractivity contribution in [1.29, 1.82) is 0 Å². The van der Waals surface area contributed by atoms with E-state index in [-0.39, 0.29) is 23.6 Å². The van der Waals surface area contributed by atoms with Crippen LogP contribution in [0.2, 0.25) is 5.02 Å². The maximum absolute atomic E-state index is 13.2. The fraction of sp³-hybridized carbons (Fsp3) is 0.400. The minimum absolute atomic E-state index is 0.00968. The molecule has 0 aromatic heterocycles. The van der Waals surface area contributed by atoms with E-state index >= 15 is 0 Å². The zero-order chi connectivity index (χ0) is 18.1. The molecule has 4 nitrogen and oxygen atoms in total. The van der Waals surface area contributed by atoms with Crippen LogP contribution in [0.3, 0.4) is 0 Å². The Hall–Kier alpha value is -1.40. The van der Waals surface area contributed by atoms with Crippen molar-refractivity contribution in [3.8, 4) is 0 Å². The van der Waals surface area contributed by atoms with Gasteiger partial charge in [-0.2, -0.15) is 4.31 Å². The van der Waals surface area contributed by atoms with Gasteiger partial charge in [-0.05, 0) is 29.7 Å². The standard InChI is InChI=1S/C20H22ClNO3S/c21-17-8-6-15(7-9-17)14-26(23,24)22-12-18(16-4-2-1-3-5-16)19-13-25-11-10-20(19)22/h1-9,18-20H,10-14H2. The molecule has 3 unspecified atom stereocenters. The summed E-state index contributed by atoms with van der Waals surface area (Å²) in [6.45, 7) is 1.77. The topological polar surface area (TPSA) is 46.6 Å². The lowest BCUT2D eigenvalue weighted by Crippen LogP contribution is -2.42. The van der Waals surface area contributed by atoms with Gasteiger partial charge in [0.25, 0.3) is 0 Å². The van der Waals surface area contributed by atoms with Crippen LogP contribution in [0.4, 0.5) is 0 Å². The van der Waals surface area contributed by atoms with Crippen LogP contribution in [0.1, 0.15) is 23.5 Å². The molecule has 0 aliphatic carbocycles. The minimum atomic E-state index is -3.40. The molecule has 4 rings (SSSR count). The lowest BCUT2D eigenvalue weighted by Gasteiger charge is -2.32. The van der Waals surface area contributed by atoms with Crippen LogP contribution < -0.4 is 0 Å². The summed E-state index contributed by atoms with van der Waals surface area (Å²) in [5, 5.41) is 0.612. The van der Waals surface area contributed by atoms with Crippen molar-refractivity contribution in [3.63, 3.8) is 0 Å². The van der Waals surface area contributed by atoms with Crippen LogP contribution in [0.25, 0.3) is 0 Å². The molecular formula is C20H22ClNO3S. The summed E-state index contributed by atoms with van der Waals surface area (Å²) >= 11 is 5.91. The van der Waals surface area contributed by atoms with Gasteiger partial charge in [-0.3, -0.25) is 0 Å². The van der Waals surface area contributed by atoms with Crippen molar-refractivity contribution >= 4 is 21.6 Å². The summed E-state index contributed by atoms with van der Waals surface area (Å²) in [5.74, 6) is 0.406. The molecule has 0 saturated carbocycles. The van der Waals surface area contributed by atoms with Crippen LogP contribution >= 0.6 is 11.6 Å². The predicted molar refractivity (Wildman–Crippen MR) is 103 cm³/mol. The van der Waals surface area contributed by atoms with Crippen molar-refractivity contribution in [2.75, 3.05) is 19.8 Å². The van der Waals surface area contributed by atoms with E-state index in [4.69, 9.17) is 16.3 Å². The molecule has 2 aliphatic heterocycles. The molecule has 0 spiro atoms. The summed E-state index contributed by atoms with van der Waals surface area (Å²) in [5.41, 5.74) is 1.96. The third-order valence-corrected chi connectivity index (χ3v) is 7.56. The van der Waals surface area contributed by atoms with E-state index in [9.17, 15) is 8.42 Å². The Labute approximate surface area is 159 Å². The van der Waals surface area contributed by atoms with Crippen molar-refractivity contribution in [2.45, 2.75) is 24.1 Å². The van der Waals surface area contributed by atoms with E-state index in [1.165, 1.54) is 5.56 Å². The molecule has 0 radical (unpaired) electrons. The normalized spacial score (nSPS) is 26.6. The average Bonchev–Trinajstić information content (AvgIpc) is 3.05. The van der Waals surface area contributed by atoms with E-state index in [1.807, 2.05) is 18.2 Å². The number of benzene rings is 2. The van der Waals surface area contributed by atoms with Gasteiger partial charge < -0.3 is 4.74 Å². The van der Waals surface area contributed by atoms with Gasteiger partial charge in [-0.25, -0.2) is 8.42 Å². The minimum Gasteiger partial charge on any atom is -0.381 e. The molecule has 138 valence electrons. The fourth-order valence-corrected chi connectivity index (χ4v) is 6.17. The van der Waals surface area contributed by atoms with Crippen LogP contribution in [-0.4, -0.2) is 38.5 Å². The van der Waals surface area contributed by atoms with Crippen molar-refractivity contribution in [1.82, 2.24) is 4.31 Å². The second kappa shape index (κ2) is 7.31. The monoisotopic (exact) mass is 391 g/mol. The van der Waals surface area contributed by atoms with E-state index in [0.717, 1.165) is 12.0 Å². The molecule has 2 aliphatic rings. The van der Waals surface area contributed by atoms with Crippen molar-refractivity contribution in [2.24, 2.45) is 5.92 Å². The fourth-order valence-electron chi connectivity index (χ4n) is 4.20. The number of hydrogen-bond acceptors (Lipinski definition) is 3. The van der Waals surface area contributed by atoms with Gasteiger partial charge in [0, 0.05) is 36.1 Å². The quantitative estimate of drug-likeness (QED) is 0.798. The smallest absolute Gasteiger partial charge is 0.218 e. The van der Waals surface area contributed by atoms with Crippen LogP contribution in [0, 0.1) is 5.92 Å². The van der Waals surface area contributed by atoms with Gasteiger partial charge in [0.2, 0.25) is 10.0 Å². The molecule has 0 amide bonds. The van der Waals surface area contributed by atoms with Gasteiger partial charge in [0.15, 0.2) is 0 Å². The number of ether oxygens (including phenoxy) is 1. The predicted octanol–water partition coefficient (Wildman–Crippen LogP) is 3.67. The number of fused-ring (bicyclic) bond motifs is 1. The second-order valence-corrected chi connectivity index (χ2v) is 9.42. The molecule has 6 heteroatoms. The highest BCUT2D eigenvalue weighted by atomic mass is 35.5. The second-order valence-electron chi connectivity index (χ2n) is 7.06. The molecule has 2 heterocycles. The summed E-state index contributed by atoms with van der Waals surface area (Å²) in [6, 6.07) is 17.3. The molecule has 2 aromatic carbocycles. The molecule has 2 saturated heterocycles. The molecular weight excluding hydrogens is 370 g/mol. The van der Waals surface area contributed by atoms with E-state index in [2.05, 4.69) is 12.1 Å². The highest BCUT2D eigenvalue weighted by molar-refractivity contribution is 7.88. The van der Waals surface area contributed by atoms with Gasteiger partial charge in [-0.15, -0.1) is 0 Å². The number of halogens is 1. The number of sulfonamides is 1. The van der Waals surface area contributed by atoms with Crippen LogP contribution in [0.5, 0.6) is 0 Å². The maximum atomic E-state index is 13.2. The lowest BCUT2D eigenvalue weighted by molar-refractivity contribution is 0.0323. The van der Waals surface area contributed by atoms with Crippen LogP contribution in [-0.2, 0) is 20.5 Å². The first kappa shape index (κ1) is 18.0. The SMILES string of the molecule is O=S(=O)(Cc1ccc(Cl)cc1)N1CC(c2ccccc2)C2COCCC21. The molecule has 2 aromatic rings. The molecule has 2 fully saturated rings. The van der Waals surface area contributed by atoms with Gasteiger partial charge >= 0.3 is 0 Å². The summed E-state index contributed by atoms with van der Waals surface area (Å²) in [4.78, 5) is 0. The lowest BCUT2D eigenvalue weighted by atomic mass is 9.84. The Morgan fingerprint density at radius 2 is 1.81 bits per heavy atom. The molecule has 26 heavy (non-hydrogen) atoms. The van der Waals surface area contributed by atoms with Gasteiger partial charge in [-0.1, -0.05) is 54.1 Å². The van der Waals surface area contributed by atoms with Gasteiger partial charge in [0.1, 0.15) is 0 Å². The van der Waals surface area contributed by atoms with Crippen LogP contribution in [0.15, 0.2) is 54.6 Å². The first-order valence-corrected chi connectivity index (χ1v) is 10.9. The largest absolute Gasteiger partial charge is 0.381 e. The molecule has 3 atom stereocenters. The zero-order valence-corrected chi connectivity index (χ0v) is 16.0. The maximum Gasteiger partial charge on any atom is 0.218 e. The van der Waals surface area contributed by atoms with Crippen molar-refractivity contribution < 1.29 is 13.2 Å². The molecule has 0 bridgehead atoms. The highest BCUT2D eigenvalue weighted by Gasteiger charge is 2.48. The first-order chi connectivity index (χ1) is 12.5. The third-order valence-electron chi connectivity index (χ3n) is 5.47. The average molecular weight is 392 g/mol. The van der Waals surface area contributed by atoms with Gasteiger partial charge in [0.05, 0.1) is 12.4 Å². The Bertz CT molecular complexity index is 854. The Morgan fingerprint density at radius 1 is 1.08 bits per heavy atom. The van der Waals surface area contributed by atoms with E-state index in [1.54, 1.807) is 28.6 Å². The Kier molecular flexibility index (Phi) is 5.06. The van der Waals surface area contributed by atoms with E-state index in [0.29, 0.717) is 24.8 Å². The summed E-state index contributed by atoms with van der Waals surface area (Å²) < 4.78 is 33.8. The van der Waals surface area contributed by atoms with E-state index < -0.39 is 10.0 Å². The Morgan fingerprint density at radius 3 is 2.54 bits per heavy atom. The number of rotatable bonds is 4. The molecule has 0 N–H and O–H groups in total. The number of hydrogen-bond donors (Lipinski definition) is 0. The Balaban J connectivity index is 1.61. The highest BCUT2D eigenvalue weighted by Crippen LogP contribution is 2.42. The van der Waals surface area contributed by atoms with Crippen molar-refractivity contribution in [3.05, 3.63) is 70.7 Å². The zero-order valence-electron chi connectivity index (χ0n) is 14.4. The third kappa shape index (κ3) is 3.54. The number of nitrogens with zero attached hydrogens (tertiary/aromatic N) is 1. The first-order valence-electron chi connectivity index (χ1n) is 8.91.